The fourth-order valence-corrected chi connectivity index (χ4v) is 6.24. The molecule has 8 nitrogen and oxygen atoms in total. The summed E-state index contributed by atoms with van der Waals surface area (Å²) in [5.74, 6) is -0.141. The molecular formula is C24H26N4O4S. The molecule has 172 valence electrons. The summed E-state index contributed by atoms with van der Waals surface area (Å²) in [5.41, 5.74) is 4.43. The number of hydrogen-bond acceptors (Lipinski definition) is 6. The monoisotopic (exact) mass is 466 g/mol. The van der Waals surface area contributed by atoms with E-state index in [1.54, 1.807) is 24.3 Å². The summed E-state index contributed by atoms with van der Waals surface area (Å²) < 4.78 is 33.2. The lowest BCUT2D eigenvalue weighted by Gasteiger charge is -2.22. The lowest BCUT2D eigenvalue weighted by atomic mass is 9.90. The van der Waals surface area contributed by atoms with Crippen LogP contribution in [0.2, 0.25) is 0 Å². The molecule has 2 heterocycles. The summed E-state index contributed by atoms with van der Waals surface area (Å²) in [4.78, 5) is 13.1. The van der Waals surface area contributed by atoms with Crippen LogP contribution in [0.3, 0.4) is 0 Å². The van der Waals surface area contributed by atoms with Crippen LogP contribution in [-0.2, 0) is 27.7 Å². The van der Waals surface area contributed by atoms with Crippen LogP contribution in [0.4, 0.5) is 6.01 Å². The fraction of sp³-hybridized carbons (Fsp3) is 0.375. The Morgan fingerprint density at radius 1 is 1.03 bits per heavy atom. The van der Waals surface area contributed by atoms with Crippen LogP contribution in [-0.4, -0.2) is 41.4 Å². The normalized spacial score (nSPS) is 18.8. The maximum absolute atomic E-state index is 13.1. The highest BCUT2D eigenvalue weighted by Crippen LogP contribution is 2.29. The van der Waals surface area contributed by atoms with E-state index < -0.39 is 22.0 Å². The van der Waals surface area contributed by atoms with Crippen molar-refractivity contribution in [3.63, 3.8) is 0 Å². The van der Waals surface area contributed by atoms with Crippen LogP contribution in [0.15, 0.2) is 51.8 Å². The van der Waals surface area contributed by atoms with E-state index in [0.29, 0.717) is 25.3 Å². The Hall–Kier alpha value is -3.04. The van der Waals surface area contributed by atoms with Gasteiger partial charge in [-0.05, 0) is 80.8 Å². The van der Waals surface area contributed by atoms with Gasteiger partial charge in [-0.1, -0.05) is 28.9 Å². The summed E-state index contributed by atoms with van der Waals surface area (Å²) in [7, 11) is -3.78. The van der Waals surface area contributed by atoms with Crippen LogP contribution in [0.1, 0.15) is 42.4 Å². The highest BCUT2D eigenvalue weighted by Gasteiger charge is 2.39. The van der Waals surface area contributed by atoms with Gasteiger partial charge in [-0.15, -0.1) is 5.10 Å². The van der Waals surface area contributed by atoms with Crippen molar-refractivity contribution in [2.75, 3.05) is 11.9 Å². The van der Waals surface area contributed by atoms with Gasteiger partial charge in [0.25, 0.3) is 0 Å². The Morgan fingerprint density at radius 3 is 2.58 bits per heavy atom. The topological polar surface area (TPSA) is 105 Å². The number of sulfonamides is 1. The number of rotatable bonds is 5. The maximum atomic E-state index is 13.1. The van der Waals surface area contributed by atoms with Gasteiger partial charge in [0.1, 0.15) is 6.04 Å². The fourth-order valence-electron chi connectivity index (χ4n) is 4.58. The average molecular weight is 467 g/mol. The molecule has 2 aliphatic rings. The number of carbonyl (C=O) groups is 1. The molecule has 2 aromatic carbocycles. The number of benzene rings is 2. The standard InChI is InChI=1S/C24H26N4O4S/c1-16-8-12-20(13-9-16)33(30,31)28-14-4-7-21(28)22(29)25-24-27-26-23(32-24)19-11-10-17-5-2-3-6-18(17)15-19/h8-13,15,21H,2-7,14H2,1H3,(H,25,27,29). The Balaban J connectivity index is 1.31. The molecule has 0 radical (unpaired) electrons. The minimum atomic E-state index is -3.78. The molecule has 9 heteroatoms. The van der Waals surface area contributed by atoms with E-state index in [9.17, 15) is 13.2 Å². The van der Waals surface area contributed by atoms with Crippen LogP contribution < -0.4 is 5.32 Å². The van der Waals surface area contributed by atoms with E-state index in [4.69, 9.17) is 4.42 Å². The SMILES string of the molecule is Cc1ccc(S(=O)(=O)N2CCCC2C(=O)Nc2nnc(-c3ccc4c(c3)CCCC4)o2)cc1. The summed E-state index contributed by atoms with van der Waals surface area (Å²) >= 11 is 0. The second-order valence-corrected chi connectivity index (χ2v) is 10.6. The number of carbonyl (C=O) groups excluding carboxylic acids is 1. The molecule has 1 aliphatic heterocycles. The third-order valence-electron chi connectivity index (χ3n) is 6.38. The molecule has 1 unspecified atom stereocenters. The molecule has 0 bridgehead atoms. The first-order valence-corrected chi connectivity index (χ1v) is 12.7. The third kappa shape index (κ3) is 4.30. The molecule has 1 aromatic heterocycles. The van der Waals surface area contributed by atoms with Gasteiger partial charge in [0, 0.05) is 12.1 Å². The number of fused-ring (bicyclic) bond motifs is 1. The van der Waals surface area contributed by atoms with Crippen LogP contribution in [0, 0.1) is 6.92 Å². The second kappa shape index (κ2) is 8.72. The minimum Gasteiger partial charge on any atom is -0.403 e. The van der Waals surface area contributed by atoms with Crippen molar-refractivity contribution in [2.24, 2.45) is 0 Å². The minimum absolute atomic E-state index is 0.0349. The lowest BCUT2D eigenvalue weighted by Crippen LogP contribution is -2.43. The molecular weight excluding hydrogens is 440 g/mol. The molecule has 33 heavy (non-hydrogen) atoms. The Morgan fingerprint density at radius 2 is 1.79 bits per heavy atom. The molecule has 0 spiro atoms. The van der Waals surface area contributed by atoms with Gasteiger partial charge in [0.05, 0.1) is 4.90 Å². The number of nitrogens with one attached hydrogen (secondary N) is 1. The van der Waals surface area contributed by atoms with Crippen molar-refractivity contribution in [1.29, 1.82) is 0 Å². The van der Waals surface area contributed by atoms with Gasteiger partial charge < -0.3 is 4.42 Å². The van der Waals surface area contributed by atoms with Gasteiger partial charge >= 0.3 is 6.01 Å². The number of nitrogens with zero attached hydrogens (tertiary/aromatic N) is 3. The molecule has 0 saturated carbocycles. The van der Waals surface area contributed by atoms with Gasteiger partial charge in [-0.2, -0.15) is 4.31 Å². The van der Waals surface area contributed by atoms with E-state index in [1.807, 2.05) is 13.0 Å². The second-order valence-electron chi connectivity index (χ2n) is 8.68. The van der Waals surface area contributed by atoms with E-state index in [1.165, 1.54) is 28.3 Å². The molecule has 1 fully saturated rings. The van der Waals surface area contributed by atoms with Crippen molar-refractivity contribution >= 4 is 21.9 Å². The van der Waals surface area contributed by atoms with Crippen LogP contribution in [0.5, 0.6) is 0 Å². The number of aryl methyl sites for hydroxylation is 3. The van der Waals surface area contributed by atoms with Crippen LogP contribution in [0.25, 0.3) is 11.5 Å². The zero-order valence-corrected chi connectivity index (χ0v) is 19.3. The summed E-state index contributed by atoms with van der Waals surface area (Å²) in [6.07, 6.45) is 5.54. The summed E-state index contributed by atoms with van der Waals surface area (Å²) in [6.45, 7) is 2.18. The molecule has 1 N–H and O–H groups in total. The number of aromatic nitrogens is 2. The zero-order chi connectivity index (χ0) is 23.0. The lowest BCUT2D eigenvalue weighted by molar-refractivity contribution is -0.119. The smallest absolute Gasteiger partial charge is 0.322 e. The van der Waals surface area contributed by atoms with E-state index in [-0.39, 0.29) is 10.9 Å². The molecule has 1 amide bonds. The Kier molecular flexibility index (Phi) is 5.76. The van der Waals surface area contributed by atoms with Crippen LogP contribution >= 0.6 is 0 Å². The predicted molar refractivity (Wildman–Crippen MR) is 123 cm³/mol. The summed E-state index contributed by atoms with van der Waals surface area (Å²) in [5, 5.41) is 10.6. The third-order valence-corrected chi connectivity index (χ3v) is 8.31. The van der Waals surface area contributed by atoms with E-state index in [2.05, 4.69) is 27.6 Å². The zero-order valence-electron chi connectivity index (χ0n) is 18.5. The molecule has 1 saturated heterocycles. The van der Waals surface area contributed by atoms with Gasteiger partial charge in [-0.25, -0.2) is 8.42 Å². The number of amides is 1. The largest absolute Gasteiger partial charge is 0.403 e. The van der Waals surface area contributed by atoms with Gasteiger partial charge in [0.2, 0.25) is 21.8 Å². The van der Waals surface area contributed by atoms with E-state index >= 15 is 0 Å². The molecule has 1 aliphatic carbocycles. The molecule has 5 rings (SSSR count). The van der Waals surface area contributed by atoms with Crippen molar-refractivity contribution in [3.8, 4) is 11.5 Å². The first kappa shape index (κ1) is 21.8. The first-order valence-electron chi connectivity index (χ1n) is 11.3. The van der Waals surface area contributed by atoms with Gasteiger partial charge in [-0.3, -0.25) is 10.1 Å². The number of hydrogen-bond donors (Lipinski definition) is 1. The quantitative estimate of drug-likeness (QED) is 0.614. The van der Waals surface area contributed by atoms with Gasteiger partial charge in [0.15, 0.2) is 0 Å². The van der Waals surface area contributed by atoms with Crippen molar-refractivity contribution in [1.82, 2.24) is 14.5 Å². The van der Waals surface area contributed by atoms with Crippen molar-refractivity contribution in [2.45, 2.75) is 56.4 Å². The Bertz CT molecular complexity index is 1280. The van der Waals surface area contributed by atoms with E-state index in [0.717, 1.165) is 24.0 Å². The molecule has 3 aromatic rings. The molecule has 1 atom stereocenters. The van der Waals surface area contributed by atoms with Crippen molar-refractivity contribution < 1.29 is 17.6 Å². The highest BCUT2D eigenvalue weighted by atomic mass is 32.2. The first-order chi connectivity index (χ1) is 15.9. The Labute approximate surface area is 193 Å². The summed E-state index contributed by atoms with van der Waals surface area (Å²) in [6, 6.07) is 11.9. The average Bonchev–Trinajstić information content (AvgIpc) is 3.49. The predicted octanol–water partition coefficient (Wildman–Crippen LogP) is 3.72. The highest BCUT2D eigenvalue weighted by molar-refractivity contribution is 7.89. The number of anilines is 1. The maximum Gasteiger partial charge on any atom is 0.322 e. The van der Waals surface area contributed by atoms with Crippen molar-refractivity contribution in [3.05, 3.63) is 59.2 Å².